The number of hydrogen-bond acceptors (Lipinski definition) is 2. The summed E-state index contributed by atoms with van der Waals surface area (Å²) in [6.45, 7) is 4.79. The minimum absolute atomic E-state index is 0.0972. The molecule has 0 aromatic heterocycles. The molecular formula is C24H31NO. The molecule has 138 valence electrons. The Kier molecular flexibility index (Phi) is 2.96. The van der Waals surface area contributed by atoms with Gasteiger partial charge in [-0.25, -0.2) is 0 Å². The Labute approximate surface area is 157 Å². The van der Waals surface area contributed by atoms with Crippen molar-refractivity contribution in [3.8, 4) is 6.07 Å². The predicted molar refractivity (Wildman–Crippen MR) is 99.8 cm³/mol. The van der Waals surface area contributed by atoms with Crippen LogP contribution >= 0.6 is 0 Å². The first-order valence-electron chi connectivity index (χ1n) is 11.1. The van der Waals surface area contributed by atoms with E-state index in [4.69, 9.17) is 0 Å². The lowest BCUT2D eigenvalue weighted by Gasteiger charge is -2.59. The highest BCUT2D eigenvalue weighted by molar-refractivity contribution is 5.91. The SMILES string of the molecule is CC1(C#N)C2CC2C2C3C(C4CC4)CC4=CC(=O)CCC4C3CCC21C. The van der Waals surface area contributed by atoms with E-state index in [2.05, 4.69) is 26.0 Å². The Morgan fingerprint density at radius 3 is 2.65 bits per heavy atom. The van der Waals surface area contributed by atoms with E-state index in [-0.39, 0.29) is 10.8 Å². The molecule has 6 rings (SSSR count). The van der Waals surface area contributed by atoms with Crippen molar-refractivity contribution in [2.45, 2.75) is 65.2 Å². The average molecular weight is 350 g/mol. The Morgan fingerprint density at radius 2 is 1.92 bits per heavy atom. The largest absolute Gasteiger partial charge is 0.295 e. The molecule has 0 N–H and O–H groups in total. The fraction of sp³-hybridized carbons (Fsp3) is 0.833. The molecule has 26 heavy (non-hydrogen) atoms. The smallest absolute Gasteiger partial charge is 0.155 e. The fourth-order valence-electron chi connectivity index (χ4n) is 8.83. The molecule has 5 fully saturated rings. The second-order valence-corrected chi connectivity index (χ2v) is 11.1. The summed E-state index contributed by atoms with van der Waals surface area (Å²) in [6, 6.07) is 2.83. The van der Waals surface area contributed by atoms with Crippen LogP contribution in [0.4, 0.5) is 0 Å². The normalized spacial score (nSPS) is 57.2. The van der Waals surface area contributed by atoms with Gasteiger partial charge < -0.3 is 0 Å². The van der Waals surface area contributed by atoms with E-state index in [0.717, 1.165) is 48.3 Å². The van der Waals surface area contributed by atoms with Crippen LogP contribution in [0.25, 0.3) is 0 Å². The number of rotatable bonds is 1. The van der Waals surface area contributed by atoms with Crippen LogP contribution in [0.3, 0.4) is 0 Å². The summed E-state index contributed by atoms with van der Waals surface area (Å²) in [5.74, 6) is 6.70. The highest BCUT2D eigenvalue weighted by Crippen LogP contribution is 2.79. The van der Waals surface area contributed by atoms with Crippen molar-refractivity contribution < 1.29 is 4.79 Å². The number of hydrogen-bond donors (Lipinski definition) is 0. The predicted octanol–water partition coefficient (Wildman–Crippen LogP) is 5.15. The highest BCUT2D eigenvalue weighted by atomic mass is 16.1. The molecule has 9 atom stereocenters. The fourth-order valence-corrected chi connectivity index (χ4v) is 8.83. The Bertz CT molecular complexity index is 757. The summed E-state index contributed by atoms with van der Waals surface area (Å²) in [4.78, 5) is 12.1. The summed E-state index contributed by atoms with van der Waals surface area (Å²) in [5, 5.41) is 10.1. The van der Waals surface area contributed by atoms with Crippen molar-refractivity contribution in [1.82, 2.24) is 0 Å². The third-order valence-corrected chi connectivity index (χ3v) is 10.3. The van der Waals surface area contributed by atoms with Gasteiger partial charge in [0.2, 0.25) is 0 Å². The first kappa shape index (κ1) is 15.9. The maximum absolute atomic E-state index is 12.1. The minimum atomic E-state index is -0.0972. The van der Waals surface area contributed by atoms with Crippen molar-refractivity contribution in [2.75, 3.05) is 0 Å². The molecule has 0 aromatic carbocycles. The summed E-state index contributed by atoms with van der Waals surface area (Å²) in [6.07, 6.45) is 11.8. The lowest BCUT2D eigenvalue weighted by molar-refractivity contribution is -0.117. The quantitative estimate of drug-likeness (QED) is 0.657. The zero-order valence-corrected chi connectivity index (χ0v) is 16.2. The van der Waals surface area contributed by atoms with E-state index in [9.17, 15) is 10.1 Å². The van der Waals surface area contributed by atoms with Crippen molar-refractivity contribution in [2.24, 2.45) is 58.2 Å². The van der Waals surface area contributed by atoms with Gasteiger partial charge in [0.25, 0.3) is 0 Å². The lowest BCUT2D eigenvalue weighted by Crippen LogP contribution is -2.53. The molecule has 6 aliphatic carbocycles. The van der Waals surface area contributed by atoms with Gasteiger partial charge in [-0.2, -0.15) is 5.26 Å². The second-order valence-electron chi connectivity index (χ2n) is 11.1. The van der Waals surface area contributed by atoms with Crippen LogP contribution in [0, 0.1) is 69.5 Å². The van der Waals surface area contributed by atoms with E-state index in [1.807, 2.05) is 0 Å². The van der Waals surface area contributed by atoms with Gasteiger partial charge >= 0.3 is 0 Å². The molecule has 0 bridgehead atoms. The standard InChI is InChI=1S/C24H31NO/c1-23-8-7-17-16-6-5-15(26)9-14(16)10-18(13-3-4-13)21(17)22(23)19-11-20(19)24(23,2)12-25/h9,13,16-22H,3-8,10-11H2,1-2H3. The molecule has 0 aromatic rings. The molecule has 0 aliphatic heterocycles. The van der Waals surface area contributed by atoms with Crippen LogP contribution in [0.5, 0.6) is 0 Å². The van der Waals surface area contributed by atoms with Crippen molar-refractivity contribution >= 4 is 5.78 Å². The van der Waals surface area contributed by atoms with Crippen LogP contribution in [0.15, 0.2) is 11.6 Å². The van der Waals surface area contributed by atoms with Gasteiger partial charge in [0.1, 0.15) is 0 Å². The van der Waals surface area contributed by atoms with E-state index < -0.39 is 0 Å². The number of carbonyl (C=O) groups is 1. The first-order chi connectivity index (χ1) is 12.5. The van der Waals surface area contributed by atoms with Gasteiger partial charge in [-0.3, -0.25) is 4.79 Å². The molecule has 2 nitrogen and oxygen atoms in total. The van der Waals surface area contributed by atoms with Gasteiger partial charge in [-0.05, 0) is 111 Å². The summed E-state index contributed by atoms with van der Waals surface area (Å²) in [5.41, 5.74) is 1.66. The first-order valence-corrected chi connectivity index (χ1v) is 11.1. The van der Waals surface area contributed by atoms with Crippen LogP contribution in [0.1, 0.15) is 65.2 Å². The van der Waals surface area contributed by atoms with Crippen LogP contribution in [0.2, 0.25) is 0 Å². The molecule has 0 amide bonds. The monoisotopic (exact) mass is 349 g/mol. The second kappa shape index (κ2) is 4.84. The van der Waals surface area contributed by atoms with Crippen molar-refractivity contribution in [3.63, 3.8) is 0 Å². The zero-order valence-electron chi connectivity index (χ0n) is 16.2. The summed E-state index contributed by atoms with van der Waals surface area (Å²) < 4.78 is 0. The molecular weight excluding hydrogens is 318 g/mol. The Balaban J connectivity index is 1.44. The number of ketones is 1. The average Bonchev–Trinajstić information content (AvgIpc) is 3.52. The highest BCUT2D eigenvalue weighted by Gasteiger charge is 2.75. The molecule has 0 radical (unpaired) electrons. The molecule has 0 heterocycles. The number of nitrogens with zero attached hydrogens (tertiary/aromatic N) is 1. The van der Waals surface area contributed by atoms with Gasteiger partial charge in [0, 0.05) is 6.42 Å². The maximum Gasteiger partial charge on any atom is 0.155 e. The third kappa shape index (κ3) is 1.76. The van der Waals surface area contributed by atoms with E-state index >= 15 is 0 Å². The third-order valence-electron chi connectivity index (χ3n) is 10.3. The number of fused-ring (bicyclic) bond motifs is 7. The van der Waals surface area contributed by atoms with Crippen molar-refractivity contribution in [3.05, 3.63) is 11.6 Å². The number of nitriles is 1. The van der Waals surface area contributed by atoms with Crippen LogP contribution in [-0.2, 0) is 4.79 Å². The molecule has 2 heteroatoms. The summed E-state index contributed by atoms with van der Waals surface area (Å²) in [7, 11) is 0. The topological polar surface area (TPSA) is 40.9 Å². The van der Waals surface area contributed by atoms with E-state index in [1.54, 1.807) is 0 Å². The van der Waals surface area contributed by atoms with Gasteiger partial charge in [-0.15, -0.1) is 0 Å². The van der Waals surface area contributed by atoms with Crippen LogP contribution in [-0.4, -0.2) is 5.78 Å². The molecule has 9 unspecified atom stereocenters. The van der Waals surface area contributed by atoms with Crippen molar-refractivity contribution in [1.29, 1.82) is 5.26 Å². The number of allylic oxidation sites excluding steroid dienone is 1. The molecule has 6 aliphatic rings. The minimum Gasteiger partial charge on any atom is -0.295 e. The van der Waals surface area contributed by atoms with Gasteiger partial charge in [0.05, 0.1) is 11.5 Å². The maximum atomic E-state index is 12.1. The van der Waals surface area contributed by atoms with E-state index in [0.29, 0.717) is 17.6 Å². The van der Waals surface area contributed by atoms with Gasteiger partial charge in [-0.1, -0.05) is 12.5 Å². The van der Waals surface area contributed by atoms with Gasteiger partial charge in [0.15, 0.2) is 5.78 Å². The Morgan fingerprint density at radius 1 is 1.12 bits per heavy atom. The zero-order chi connectivity index (χ0) is 17.8. The molecule has 0 spiro atoms. The molecule has 5 saturated carbocycles. The lowest BCUT2D eigenvalue weighted by atomic mass is 9.45. The molecule has 0 saturated heterocycles. The Hall–Kier alpha value is -1.10. The van der Waals surface area contributed by atoms with Crippen LogP contribution < -0.4 is 0 Å². The summed E-state index contributed by atoms with van der Waals surface area (Å²) >= 11 is 0. The van der Waals surface area contributed by atoms with E-state index in [1.165, 1.54) is 44.1 Å². The number of carbonyl (C=O) groups excluding carboxylic acids is 1.